The van der Waals surface area contributed by atoms with Crippen molar-refractivity contribution in [3.63, 3.8) is 0 Å². The van der Waals surface area contributed by atoms with Crippen LogP contribution in [-0.4, -0.2) is 87.3 Å². The Morgan fingerprint density at radius 1 is 0.881 bits per heavy atom. The zero-order valence-corrected chi connectivity index (χ0v) is 43.6. The second-order valence-corrected chi connectivity index (χ2v) is 22.0. The van der Waals surface area contributed by atoms with Gasteiger partial charge < -0.3 is 24.6 Å². The summed E-state index contributed by atoms with van der Waals surface area (Å²) in [6.07, 6.45) is 18.0. The van der Waals surface area contributed by atoms with Crippen LogP contribution in [0.3, 0.4) is 0 Å². The van der Waals surface area contributed by atoms with E-state index in [4.69, 9.17) is 9.47 Å². The van der Waals surface area contributed by atoms with E-state index in [-0.39, 0.29) is 84.1 Å². The smallest absolute Gasteiger partial charge is 0.329 e. The van der Waals surface area contributed by atoms with E-state index in [9.17, 15) is 39.0 Å². The van der Waals surface area contributed by atoms with Crippen molar-refractivity contribution < 1.29 is 48.5 Å². The van der Waals surface area contributed by atoms with Crippen LogP contribution >= 0.6 is 0 Å². The van der Waals surface area contributed by atoms with Gasteiger partial charge in [0.25, 0.3) is 5.91 Å². The van der Waals surface area contributed by atoms with E-state index < -0.39 is 53.2 Å². The van der Waals surface area contributed by atoms with E-state index in [0.29, 0.717) is 50.5 Å². The van der Waals surface area contributed by atoms with Gasteiger partial charge in [0, 0.05) is 36.1 Å². The maximum absolute atomic E-state index is 14.1. The number of piperidine rings is 1. The summed E-state index contributed by atoms with van der Waals surface area (Å²) in [7, 11) is 0. The highest BCUT2D eigenvalue weighted by molar-refractivity contribution is 6.38. The molecule has 0 spiro atoms. The number of amides is 1. The maximum Gasteiger partial charge on any atom is 0.329 e. The van der Waals surface area contributed by atoms with Crippen molar-refractivity contribution in [1.82, 2.24) is 4.90 Å². The molecule has 1 aliphatic carbocycles. The second kappa shape index (κ2) is 26.9. The van der Waals surface area contributed by atoms with Crippen molar-refractivity contribution >= 4 is 35.2 Å². The molecule has 0 radical (unpaired) electrons. The van der Waals surface area contributed by atoms with Crippen LogP contribution in [0.25, 0.3) is 0 Å². The highest BCUT2D eigenvalue weighted by Gasteiger charge is 2.42. The molecule has 3 fully saturated rings. The Bertz CT molecular complexity index is 1810. The molecule has 2 N–H and O–H groups in total. The largest absolute Gasteiger partial charge is 0.462 e. The molecule has 0 bridgehead atoms. The number of hydrogen-bond donors (Lipinski definition) is 2. The fourth-order valence-corrected chi connectivity index (χ4v) is 10.0. The van der Waals surface area contributed by atoms with Gasteiger partial charge in [0.1, 0.15) is 29.8 Å². The van der Waals surface area contributed by atoms with Gasteiger partial charge in [-0.25, -0.2) is 4.79 Å². The van der Waals surface area contributed by atoms with Crippen LogP contribution in [0.2, 0.25) is 0 Å². The predicted molar refractivity (Wildman–Crippen MR) is 264 cm³/mol. The quantitative estimate of drug-likeness (QED) is 0.0412. The van der Waals surface area contributed by atoms with Gasteiger partial charge in [-0.15, -0.1) is 0 Å². The summed E-state index contributed by atoms with van der Waals surface area (Å²) in [4.78, 5) is 81.8. The van der Waals surface area contributed by atoms with Crippen LogP contribution in [0.4, 0.5) is 0 Å². The highest BCUT2D eigenvalue weighted by Crippen LogP contribution is 2.36. The fraction of sp³-hybridized carbons (Fsp3) is 0.750. The number of cyclic esters (lactones) is 1. The predicted octanol–water partition coefficient (Wildman–Crippen LogP) is 10.3. The van der Waals surface area contributed by atoms with Crippen molar-refractivity contribution in [2.24, 2.45) is 58.7 Å². The molecule has 1 saturated carbocycles. The number of aliphatic hydroxyl groups is 2. The number of esters is 2. The SMILES string of the molecule is CCC(C)(C)C(=O)C(=O)N1CCCC[C@H]1C(=O)OC(CC(=O)[C@H](C)/C=C(\C)[C@@H](O)[C@@H](C)C(=O)[C@@H](C)C[C@H](C)/C=C/C=C/C=C(\C)[C@@H](C)CC1CC[C@@H](C)C(=O)O1)[C@H](C)C[C@@H]1CC[C@@H](O)[C@H](C)C1. The number of nitrogens with zero attached hydrogens (tertiary/aromatic N) is 1. The number of Topliss-reactive ketones (excluding diaryl/α,β-unsaturated/α-hetero) is 3. The van der Waals surface area contributed by atoms with Gasteiger partial charge in [0.15, 0.2) is 0 Å². The molecule has 0 aromatic rings. The zero-order valence-electron chi connectivity index (χ0n) is 43.6. The molecule has 11 heteroatoms. The molecule has 3 rings (SSSR count). The third-order valence-corrected chi connectivity index (χ3v) is 15.6. The van der Waals surface area contributed by atoms with Crippen LogP contribution in [0.15, 0.2) is 47.6 Å². The Hall–Kier alpha value is -3.70. The van der Waals surface area contributed by atoms with Crippen LogP contribution < -0.4 is 0 Å². The van der Waals surface area contributed by atoms with E-state index in [1.807, 2.05) is 52.8 Å². The molecule has 14 atom stereocenters. The minimum atomic E-state index is -1.09. The number of hydrogen-bond acceptors (Lipinski definition) is 10. The molecular formula is C56H89NO10. The topological polar surface area (TPSA) is 165 Å². The second-order valence-electron chi connectivity index (χ2n) is 22.0. The number of carbonyl (C=O) groups excluding carboxylic acids is 6. The Morgan fingerprint density at radius 3 is 2.21 bits per heavy atom. The lowest BCUT2D eigenvalue weighted by atomic mass is 9.75. The standard InChI is InChI=1S/C56H89NO10/c1-14-56(12,13)52(62)53(63)57-27-19-18-22-46(57)55(65)67-49(40(8)31-44-24-26-47(58)39(7)30-44)33-48(59)38(6)29-42(10)51(61)43(11)50(60)41(9)28-34(2)20-16-15-17-21-35(3)37(5)32-45-25-23-36(4)54(64)66-45/h15-17,20-21,29,34,36-41,43-47,49,51,58,61H,14,18-19,22-28,30-33H2,1-13H3/b17-15+,20-16+,35-21+,42-29+/t34-,36-,37+,38-,39-,40-,41+,43+,44-,45?,46+,47-,49?,51-/m1/s1. The minimum Gasteiger partial charge on any atom is -0.462 e. The summed E-state index contributed by atoms with van der Waals surface area (Å²) in [5.74, 6) is -3.16. The molecule has 2 unspecified atom stereocenters. The molecule has 2 saturated heterocycles. The molecule has 0 aromatic heterocycles. The summed E-state index contributed by atoms with van der Waals surface area (Å²) in [6.45, 7) is 25.0. The number of rotatable bonds is 24. The van der Waals surface area contributed by atoms with Crippen LogP contribution in [0, 0.1) is 58.7 Å². The molecule has 67 heavy (non-hydrogen) atoms. The Labute approximate surface area is 404 Å². The van der Waals surface area contributed by atoms with Gasteiger partial charge >= 0.3 is 11.9 Å². The van der Waals surface area contributed by atoms with Crippen LogP contribution in [0.1, 0.15) is 173 Å². The highest BCUT2D eigenvalue weighted by atomic mass is 16.5. The maximum atomic E-state index is 14.1. The van der Waals surface area contributed by atoms with Gasteiger partial charge in [0.2, 0.25) is 5.78 Å². The third kappa shape index (κ3) is 17.3. The van der Waals surface area contributed by atoms with Crippen LogP contribution in [-0.2, 0) is 38.2 Å². The first-order valence-electron chi connectivity index (χ1n) is 25.8. The first-order chi connectivity index (χ1) is 31.4. The molecule has 11 nitrogen and oxygen atoms in total. The molecule has 1 amide bonds. The Balaban J connectivity index is 1.63. The molecule has 0 aromatic carbocycles. The first kappa shape index (κ1) is 57.6. The van der Waals surface area contributed by atoms with E-state index in [1.54, 1.807) is 40.7 Å². The van der Waals surface area contributed by atoms with E-state index in [0.717, 1.165) is 32.1 Å². The monoisotopic (exact) mass is 936 g/mol. The zero-order chi connectivity index (χ0) is 50.3. The van der Waals surface area contributed by atoms with E-state index >= 15 is 0 Å². The first-order valence-corrected chi connectivity index (χ1v) is 25.8. The lowest BCUT2D eigenvalue weighted by molar-refractivity contribution is -0.167. The molecule has 2 aliphatic heterocycles. The molecule has 2 heterocycles. The van der Waals surface area contributed by atoms with Crippen molar-refractivity contribution in [3.8, 4) is 0 Å². The summed E-state index contributed by atoms with van der Waals surface area (Å²) in [6, 6.07) is -0.919. The van der Waals surface area contributed by atoms with Crippen molar-refractivity contribution in [2.75, 3.05) is 6.54 Å². The van der Waals surface area contributed by atoms with E-state index in [2.05, 4.69) is 32.9 Å². The Morgan fingerprint density at radius 2 is 1.57 bits per heavy atom. The average molecular weight is 936 g/mol. The number of ketones is 3. The molecule has 3 aliphatic rings. The lowest BCUT2D eigenvalue weighted by Crippen LogP contribution is -2.53. The van der Waals surface area contributed by atoms with Gasteiger partial charge in [-0.05, 0) is 126 Å². The number of aliphatic hydroxyl groups excluding tert-OH is 2. The summed E-state index contributed by atoms with van der Waals surface area (Å²) < 4.78 is 11.8. The van der Waals surface area contributed by atoms with Crippen molar-refractivity contribution in [3.05, 3.63) is 47.6 Å². The summed E-state index contributed by atoms with van der Waals surface area (Å²) in [5, 5.41) is 21.8. The minimum absolute atomic E-state index is 0.0160. The number of likely N-dealkylation sites (tertiary alicyclic amines) is 1. The molecule has 378 valence electrons. The van der Waals surface area contributed by atoms with Gasteiger partial charge in [-0.2, -0.15) is 0 Å². The summed E-state index contributed by atoms with van der Waals surface area (Å²) in [5.41, 5.74) is 0.872. The normalized spacial score (nSPS) is 27.1. The van der Waals surface area contributed by atoms with Crippen molar-refractivity contribution in [1.29, 1.82) is 0 Å². The number of carbonyl (C=O) groups is 6. The average Bonchev–Trinajstić information content (AvgIpc) is 3.29. The van der Waals surface area contributed by atoms with Crippen molar-refractivity contribution in [2.45, 2.75) is 204 Å². The third-order valence-electron chi connectivity index (χ3n) is 15.6. The van der Waals surface area contributed by atoms with Gasteiger partial charge in [-0.1, -0.05) is 118 Å². The summed E-state index contributed by atoms with van der Waals surface area (Å²) >= 11 is 0. The Kier molecular flexibility index (Phi) is 23.1. The molecular weight excluding hydrogens is 847 g/mol. The van der Waals surface area contributed by atoms with Crippen LogP contribution in [0.5, 0.6) is 0 Å². The van der Waals surface area contributed by atoms with E-state index in [1.165, 1.54) is 10.5 Å². The number of ether oxygens (including phenoxy) is 2. The lowest BCUT2D eigenvalue weighted by Gasteiger charge is -2.37. The number of allylic oxidation sites excluding steroid dienone is 7. The van der Waals surface area contributed by atoms with Gasteiger partial charge in [0.05, 0.1) is 18.1 Å². The fourth-order valence-electron chi connectivity index (χ4n) is 10.0. The van der Waals surface area contributed by atoms with Gasteiger partial charge in [-0.3, -0.25) is 24.0 Å².